The molecule has 0 bridgehead atoms. The number of H-pyrrole nitrogens is 2. The fourth-order valence-corrected chi connectivity index (χ4v) is 5.35. The summed E-state index contributed by atoms with van der Waals surface area (Å²) >= 11 is 0. The number of fused-ring (bicyclic) bond motifs is 2. The van der Waals surface area contributed by atoms with Crippen LogP contribution in [0.15, 0.2) is 42.6 Å². The highest BCUT2D eigenvalue weighted by Gasteiger charge is 2.33. The van der Waals surface area contributed by atoms with E-state index in [0.717, 1.165) is 39.1 Å². The fourth-order valence-electron chi connectivity index (χ4n) is 5.35. The zero-order chi connectivity index (χ0) is 26.7. The van der Waals surface area contributed by atoms with E-state index in [1.54, 1.807) is 4.68 Å². The zero-order valence-corrected chi connectivity index (χ0v) is 21.2. The Balaban J connectivity index is 1.10. The van der Waals surface area contributed by atoms with E-state index in [9.17, 15) is 13.2 Å². The summed E-state index contributed by atoms with van der Waals surface area (Å²) in [6, 6.07) is 11.8. The molecule has 1 saturated carbocycles. The Kier molecular flexibility index (Phi) is 5.48. The Bertz CT molecular complexity index is 1660. The average molecular weight is 534 g/mol. The van der Waals surface area contributed by atoms with Crippen LogP contribution < -0.4 is 5.32 Å². The molecular weight excluding hydrogens is 507 g/mol. The van der Waals surface area contributed by atoms with Crippen molar-refractivity contribution in [2.24, 2.45) is 7.05 Å². The number of rotatable bonds is 6. The summed E-state index contributed by atoms with van der Waals surface area (Å²) in [6.07, 6.45) is 0.493. The van der Waals surface area contributed by atoms with Gasteiger partial charge >= 0.3 is 6.18 Å². The van der Waals surface area contributed by atoms with Crippen molar-refractivity contribution in [2.75, 3.05) is 18.4 Å². The van der Waals surface area contributed by atoms with E-state index in [-0.39, 0.29) is 6.54 Å². The molecule has 0 radical (unpaired) electrons. The Labute approximate surface area is 221 Å². The van der Waals surface area contributed by atoms with Crippen LogP contribution in [0.5, 0.6) is 0 Å². The molecule has 39 heavy (non-hydrogen) atoms. The molecule has 12 heteroatoms. The van der Waals surface area contributed by atoms with Gasteiger partial charge in [0.1, 0.15) is 5.82 Å². The molecule has 0 spiro atoms. The molecule has 7 rings (SSSR count). The van der Waals surface area contributed by atoms with Crippen LogP contribution in [0.3, 0.4) is 0 Å². The number of benzene rings is 2. The minimum atomic E-state index is -4.21. The summed E-state index contributed by atoms with van der Waals surface area (Å²) in [5.41, 5.74) is 6.57. The van der Waals surface area contributed by atoms with Crippen molar-refractivity contribution in [3.8, 4) is 22.8 Å². The minimum Gasteiger partial charge on any atom is -0.341 e. The standard InChI is InChI=1S/C27H26F3N9/c1-38-26(34-21-9-8-19-18(12-31-36-19)23(21)15-2-3-15)35-25(37-38)17-6-4-16(5-7-17)24-32-20-10-11-39(13-22(20)33-24)14-27(28,29)30/h4-9,12,15H,2-3,10-11,13-14H2,1H3,(H,31,36)(H,32,33)(H,34,35,37). The molecule has 0 atom stereocenters. The Morgan fingerprint density at radius 2 is 1.85 bits per heavy atom. The Morgan fingerprint density at radius 1 is 1.05 bits per heavy atom. The van der Waals surface area contributed by atoms with E-state index in [1.165, 1.54) is 23.3 Å². The van der Waals surface area contributed by atoms with Crippen molar-refractivity contribution in [1.82, 2.24) is 39.8 Å². The number of aromatic nitrogens is 7. The van der Waals surface area contributed by atoms with Gasteiger partial charge in [0.2, 0.25) is 5.95 Å². The first-order chi connectivity index (χ1) is 18.8. The molecule has 0 saturated heterocycles. The predicted molar refractivity (Wildman–Crippen MR) is 140 cm³/mol. The Morgan fingerprint density at radius 3 is 2.62 bits per heavy atom. The van der Waals surface area contributed by atoms with E-state index in [1.807, 2.05) is 43.6 Å². The van der Waals surface area contributed by atoms with E-state index in [2.05, 4.69) is 36.6 Å². The third-order valence-corrected chi connectivity index (χ3v) is 7.39. The van der Waals surface area contributed by atoms with Gasteiger partial charge in [-0.3, -0.25) is 10.00 Å². The molecular formula is C27H26F3N9. The maximum absolute atomic E-state index is 12.8. The second-order valence-electron chi connectivity index (χ2n) is 10.3. The van der Waals surface area contributed by atoms with Crippen LogP contribution in [0.4, 0.5) is 24.8 Å². The van der Waals surface area contributed by atoms with Crippen molar-refractivity contribution in [3.05, 3.63) is 59.5 Å². The number of aromatic amines is 2. The number of imidazole rings is 1. The SMILES string of the molecule is Cn1nc(-c2ccc(-c3nc4c([nH]3)CN(CC(F)(F)F)CC4)cc2)nc1Nc1ccc2[nH]ncc2c1C1CC1. The fraction of sp³-hybridized carbons (Fsp3) is 0.333. The van der Waals surface area contributed by atoms with Crippen LogP contribution in [0.2, 0.25) is 0 Å². The van der Waals surface area contributed by atoms with Crippen LogP contribution in [0, 0.1) is 0 Å². The average Bonchev–Trinajstić information content (AvgIpc) is 3.28. The first kappa shape index (κ1) is 23.9. The van der Waals surface area contributed by atoms with E-state index < -0.39 is 12.7 Å². The number of nitrogens with zero attached hydrogens (tertiary/aromatic N) is 6. The molecule has 0 amide bonds. The van der Waals surface area contributed by atoms with Crippen LogP contribution in [-0.4, -0.2) is 59.1 Å². The quantitative estimate of drug-likeness (QED) is 0.274. The lowest BCUT2D eigenvalue weighted by molar-refractivity contribution is -0.147. The summed E-state index contributed by atoms with van der Waals surface area (Å²) in [6.45, 7) is -0.359. The van der Waals surface area contributed by atoms with Crippen molar-refractivity contribution >= 4 is 22.5 Å². The highest BCUT2D eigenvalue weighted by atomic mass is 19.4. The van der Waals surface area contributed by atoms with Crippen molar-refractivity contribution in [2.45, 2.75) is 37.9 Å². The second kappa shape index (κ2) is 8.94. The monoisotopic (exact) mass is 533 g/mol. The number of aryl methyl sites for hydroxylation is 1. The number of halogens is 3. The van der Waals surface area contributed by atoms with Gasteiger partial charge in [0.15, 0.2) is 5.82 Å². The van der Waals surface area contributed by atoms with Crippen LogP contribution in [0.1, 0.15) is 35.7 Å². The lowest BCUT2D eigenvalue weighted by Crippen LogP contribution is -2.38. The molecule has 5 aromatic rings. The smallest absolute Gasteiger partial charge is 0.341 e. The largest absolute Gasteiger partial charge is 0.401 e. The highest BCUT2D eigenvalue weighted by Crippen LogP contribution is 2.47. The van der Waals surface area contributed by atoms with Gasteiger partial charge in [0, 0.05) is 48.8 Å². The van der Waals surface area contributed by atoms with Crippen LogP contribution >= 0.6 is 0 Å². The van der Waals surface area contributed by atoms with Gasteiger partial charge in [-0.2, -0.15) is 23.3 Å². The third-order valence-electron chi connectivity index (χ3n) is 7.39. The molecule has 3 aromatic heterocycles. The first-order valence-corrected chi connectivity index (χ1v) is 12.9. The van der Waals surface area contributed by atoms with Gasteiger partial charge in [-0.05, 0) is 36.5 Å². The lowest BCUT2D eigenvalue weighted by atomic mass is 10.0. The first-order valence-electron chi connectivity index (χ1n) is 12.9. The van der Waals surface area contributed by atoms with Gasteiger partial charge in [0.25, 0.3) is 0 Å². The summed E-state index contributed by atoms with van der Waals surface area (Å²) in [4.78, 5) is 14.0. The molecule has 0 unspecified atom stereocenters. The molecule has 1 fully saturated rings. The van der Waals surface area contributed by atoms with Crippen LogP contribution in [0.25, 0.3) is 33.7 Å². The summed E-state index contributed by atoms with van der Waals surface area (Å²) in [7, 11) is 1.86. The molecule has 3 N–H and O–H groups in total. The highest BCUT2D eigenvalue weighted by molar-refractivity contribution is 5.89. The number of nitrogens with one attached hydrogen (secondary N) is 3. The van der Waals surface area contributed by atoms with E-state index >= 15 is 0 Å². The van der Waals surface area contributed by atoms with Crippen molar-refractivity contribution in [1.29, 1.82) is 0 Å². The minimum absolute atomic E-state index is 0.212. The molecule has 9 nitrogen and oxygen atoms in total. The summed E-state index contributed by atoms with van der Waals surface area (Å²) in [5, 5.41) is 16.5. The normalized spacial score (nSPS) is 16.1. The van der Waals surface area contributed by atoms with Crippen molar-refractivity contribution < 1.29 is 13.2 Å². The van der Waals surface area contributed by atoms with Gasteiger partial charge < -0.3 is 10.3 Å². The molecule has 4 heterocycles. The zero-order valence-electron chi connectivity index (χ0n) is 21.2. The number of anilines is 2. The number of hydrogen-bond acceptors (Lipinski definition) is 6. The van der Waals surface area contributed by atoms with Crippen LogP contribution in [-0.2, 0) is 20.0 Å². The summed E-state index contributed by atoms with van der Waals surface area (Å²) < 4.78 is 40.2. The van der Waals surface area contributed by atoms with Gasteiger partial charge in [-0.1, -0.05) is 24.3 Å². The molecule has 2 aliphatic rings. The molecule has 1 aliphatic carbocycles. The predicted octanol–water partition coefficient (Wildman–Crippen LogP) is 5.29. The molecule has 2 aromatic carbocycles. The third kappa shape index (κ3) is 4.65. The van der Waals surface area contributed by atoms with Crippen molar-refractivity contribution in [3.63, 3.8) is 0 Å². The number of hydrogen-bond donors (Lipinski definition) is 3. The lowest BCUT2D eigenvalue weighted by Gasteiger charge is -2.26. The van der Waals surface area contributed by atoms with Gasteiger partial charge in [0.05, 0.1) is 29.6 Å². The van der Waals surface area contributed by atoms with Gasteiger partial charge in [-0.15, -0.1) is 5.10 Å². The maximum atomic E-state index is 12.8. The Hall–Kier alpha value is -4.19. The molecule has 200 valence electrons. The summed E-state index contributed by atoms with van der Waals surface area (Å²) in [5.74, 6) is 2.40. The molecule has 1 aliphatic heterocycles. The van der Waals surface area contributed by atoms with Gasteiger partial charge in [-0.25, -0.2) is 9.67 Å². The number of alkyl halides is 3. The van der Waals surface area contributed by atoms with E-state index in [4.69, 9.17) is 4.98 Å². The van der Waals surface area contributed by atoms with E-state index in [0.29, 0.717) is 36.5 Å². The topological polar surface area (TPSA) is 103 Å². The maximum Gasteiger partial charge on any atom is 0.401 e. The second-order valence-corrected chi connectivity index (χ2v) is 10.3.